The Morgan fingerprint density at radius 3 is 3.05 bits per heavy atom. The van der Waals surface area contributed by atoms with Crippen LogP contribution in [0.15, 0.2) is 18.6 Å². The predicted molar refractivity (Wildman–Crippen MR) is 74.8 cm³/mol. The largest absolute Gasteiger partial charge is 0.311 e. The number of anilines is 1. The minimum atomic E-state index is -0.276. The highest BCUT2D eigenvalue weighted by atomic mass is 35.5. The van der Waals surface area contributed by atoms with Gasteiger partial charge in [0.05, 0.1) is 11.9 Å². The first-order valence-electron chi connectivity index (χ1n) is 5.59. The van der Waals surface area contributed by atoms with Crippen LogP contribution < -0.4 is 10.6 Å². The molecule has 6 nitrogen and oxygen atoms in total. The van der Waals surface area contributed by atoms with Gasteiger partial charge in [-0.15, -0.1) is 23.7 Å². The van der Waals surface area contributed by atoms with Gasteiger partial charge in [-0.2, -0.15) is 0 Å². The van der Waals surface area contributed by atoms with Crippen molar-refractivity contribution in [3.63, 3.8) is 0 Å². The molecule has 0 unspecified atom stereocenters. The molecule has 2 N–H and O–H groups in total. The number of rotatable bonds is 2. The van der Waals surface area contributed by atoms with E-state index in [0.717, 1.165) is 25.2 Å². The summed E-state index contributed by atoms with van der Waals surface area (Å²) in [5, 5.41) is 6.65. The Kier molecular flexibility index (Phi) is 4.41. The third-order valence-electron chi connectivity index (χ3n) is 2.62. The van der Waals surface area contributed by atoms with Crippen LogP contribution in [0.2, 0.25) is 0 Å². The zero-order valence-electron chi connectivity index (χ0n) is 9.92. The molecule has 0 saturated heterocycles. The number of carbonyl (C=O) groups is 1. The summed E-state index contributed by atoms with van der Waals surface area (Å²) in [4.78, 5) is 25.3. The number of fused-ring (bicyclic) bond motifs is 1. The topological polar surface area (TPSA) is 79.8 Å². The van der Waals surface area contributed by atoms with Gasteiger partial charge >= 0.3 is 0 Å². The van der Waals surface area contributed by atoms with E-state index >= 15 is 0 Å². The Bertz CT molecular complexity index is 550. The van der Waals surface area contributed by atoms with E-state index < -0.39 is 0 Å². The smallest absolute Gasteiger partial charge is 0.277 e. The van der Waals surface area contributed by atoms with Gasteiger partial charge in [-0.05, 0) is 0 Å². The van der Waals surface area contributed by atoms with E-state index in [1.165, 1.54) is 34.8 Å². The van der Waals surface area contributed by atoms with Crippen molar-refractivity contribution in [1.29, 1.82) is 0 Å². The van der Waals surface area contributed by atoms with Crippen LogP contribution >= 0.6 is 23.7 Å². The fourth-order valence-electron chi connectivity index (χ4n) is 1.76. The molecule has 1 aliphatic rings. The maximum atomic E-state index is 11.9. The van der Waals surface area contributed by atoms with Gasteiger partial charge in [-0.1, -0.05) is 0 Å². The van der Waals surface area contributed by atoms with Crippen LogP contribution in [0.5, 0.6) is 0 Å². The second kappa shape index (κ2) is 6.05. The normalized spacial score (nSPS) is 13.3. The summed E-state index contributed by atoms with van der Waals surface area (Å²) in [6.07, 6.45) is 5.37. The van der Waals surface area contributed by atoms with Crippen molar-refractivity contribution < 1.29 is 4.79 Å². The lowest BCUT2D eigenvalue weighted by Crippen LogP contribution is -2.22. The molecule has 100 valence electrons. The molecule has 3 heterocycles. The molecule has 0 radical (unpaired) electrons. The van der Waals surface area contributed by atoms with Gasteiger partial charge in [0.25, 0.3) is 5.91 Å². The number of halogens is 1. The zero-order valence-corrected chi connectivity index (χ0v) is 11.6. The molecule has 0 fully saturated rings. The average Bonchev–Trinajstić information content (AvgIpc) is 2.82. The third-order valence-corrected chi connectivity index (χ3v) is 3.63. The van der Waals surface area contributed by atoms with Gasteiger partial charge in [0.1, 0.15) is 5.69 Å². The van der Waals surface area contributed by atoms with Gasteiger partial charge in [0.2, 0.25) is 0 Å². The van der Waals surface area contributed by atoms with Crippen molar-refractivity contribution in [2.45, 2.75) is 13.0 Å². The van der Waals surface area contributed by atoms with Crippen LogP contribution in [-0.4, -0.2) is 27.4 Å². The molecule has 0 aromatic carbocycles. The van der Waals surface area contributed by atoms with Crippen LogP contribution in [0.25, 0.3) is 0 Å². The lowest BCUT2D eigenvalue weighted by Gasteiger charge is -2.09. The van der Waals surface area contributed by atoms with E-state index in [1.54, 1.807) is 0 Å². The fourth-order valence-corrected chi connectivity index (χ4v) is 2.73. The second-order valence-electron chi connectivity index (χ2n) is 3.86. The lowest BCUT2D eigenvalue weighted by molar-refractivity contribution is 0.102. The van der Waals surface area contributed by atoms with Crippen LogP contribution in [0, 0.1) is 0 Å². The van der Waals surface area contributed by atoms with Gasteiger partial charge in [-0.3, -0.25) is 15.1 Å². The Labute approximate surface area is 120 Å². The van der Waals surface area contributed by atoms with E-state index in [0.29, 0.717) is 10.8 Å². The molecule has 3 rings (SSSR count). The molecular formula is C11H12ClN5OS. The number of nitrogens with one attached hydrogen (secondary N) is 2. The van der Waals surface area contributed by atoms with Crippen molar-refractivity contribution in [2.75, 3.05) is 11.9 Å². The Morgan fingerprint density at radius 2 is 2.32 bits per heavy atom. The second-order valence-corrected chi connectivity index (χ2v) is 4.94. The summed E-state index contributed by atoms with van der Waals surface area (Å²) < 4.78 is 0. The first kappa shape index (κ1) is 13.9. The van der Waals surface area contributed by atoms with Crippen LogP contribution in [0.1, 0.15) is 21.1 Å². The van der Waals surface area contributed by atoms with E-state index in [9.17, 15) is 4.79 Å². The van der Waals surface area contributed by atoms with E-state index in [2.05, 4.69) is 25.6 Å². The maximum absolute atomic E-state index is 11.9. The van der Waals surface area contributed by atoms with Crippen molar-refractivity contribution in [3.05, 3.63) is 34.9 Å². The highest BCUT2D eigenvalue weighted by molar-refractivity contribution is 7.15. The quantitative estimate of drug-likeness (QED) is 0.872. The number of hydrogen-bond donors (Lipinski definition) is 2. The standard InChI is InChI=1S/C11H11N5OS.ClH/c17-10(8-5-13-3-4-14-8)16-11-15-7-1-2-12-6-9(7)18-11;/h3-5,12H,1-2,6H2,(H,15,16,17);1H. The molecule has 0 spiro atoms. The Balaban J connectivity index is 0.00000133. The third kappa shape index (κ3) is 3.06. The monoisotopic (exact) mass is 297 g/mol. The summed E-state index contributed by atoms with van der Waals surface area (Å²) in [5.74, 6) is -0.276. The van der Waals surface area contributed by atoms with Crippen molar-refractivity contribution >= 4 is 34.8 Å². The number of carbonyl (C=O) groups excluding carboxylic acids is 1. The van der Waals surface area contributed by atoms with Gasteiger partial charge in [-0.25, -0.2) is 9.97 Å². The first-order chi connectivity index (χ1) is 8.83. The minimum Gasteiger partial charge on any atom is -0.311 e. The molecule has 2 aromatic rings. The summed E-state index contributed by atoms with van der Waals surface area (Å²) in [6.45, 7) is 1.77. The number of aromatic nitrogens is 3. The highest BCUT2D eigenvalue weighted by Gasteiger charge is 2.16. The molecule has 0 bridgehead atoms. The summed E-state index contributed by atoms with van der Waals surface area (Å²) >= 11 is 1.50. The minimum absolute atomic E-state index is 0. The van der Waals surface area contributed by atoms with Crippen LogP contribution in [-0.2, 0) is 13.0 Å². The van der Waals surface area contributed by atoms with E-state index in [-0.39, 0.29) is 18.3 Å². The number of amides is 1. The van der Waals surface area contributed by atoms with Crippen LogP contribution in [0.3, 0.4) is 0 Å². The van der Waals surface area contributed by atoms with Crippen molar-refractivity contribution in [2.24, 2.45) is 0 Å². The lowest BCUT2D eigenvalue weighted by atomic mass is 10.2. The Morgan fingerprint density at radius 1 is 1.42 bits per heavy atom. The number of thiazole rings is 1. The maximum Gasteiger partial charge on any atom is 0.277 e. The number of nitrogens with zero attached hydrogens (tertiary/aromatic N) is 3. The molecule has 1 amide bonds. The summed E-state index contributed by atoms with van der Waals surface area (Å²) in [6, 6.07) is 0. The molecule has 0 aliphatic carbocycles. The van der Waals surface area contributed by atoms with E-state index in [1.807, 2.05) is 0 Å². The number of hydrogen-bond acceptors (Lipinski definition) is 6. The van der Waals surface area contributed by atoms with Gasteiger partial charge in [0.15, 0.2) is 5.13 Å². The predicted octanol–water partition coefficient (Wildman–Crippen LogP) is 1.25. The molecule has 2 aromatic heterocycles. The molecular weight excluding hydrogens is 286 g/mol. The highest BCUT2D eigenvalue weighted by Crippen LogP contribution is 2.25. The van der Waals surface area contributed by atoms with Gasteiger partial charge in [0, 0.05) is 36.8 Å². The molecule has 0 atom stereocenters. The SMILES string of the molecule is Cl.O=C(Nc1nc2c(s1)CNCC2)c1cnccn1. The summed E-state index contributed by atoms with van der Waals surface area (Å²) in [5.41, 5.74) is 1.37. The first-order valence-corrected chi connectivity index (χ1v) is 6.41. The molecule has 1 aliphatic heterocycles. The average molecular weight is 298 g/mol. The summed E-state index contributed by atoms with van der Waals surface area (Å²) in [7, 11) is 0. The molecule has 0 saturated carbocycles. The molecule has 19 heavy (non-hydrogen) atoms. The van der Waals surface area contributed by atoms with Crippen molar-refractivity contribution in [1.82, 2.24) is 20.3 Å². The van der Waals surface area contributed by atoms with Crippen LogP contribution in [0.4, 0.5) is 5.13 Å². The zero-order chi connectivity index (χ0) is 12.4. The Hall–Kier alpha value is -1.57. The molecule has 8 heteroatoms. The fraction of sp³-hybridized carbons (Fsp3) is 0.273. The van der Waals surface area contributed by atoms with Crippen molar-refractivity contribution in [3.8, 4) is 0 Å². The van der Waals surface area contributed by atoms with E-state index in [4.69, 9.17) is 0 Å². The van der Waals surface area contributed by atoms with Gasteiger partial charge < -0.3 is 5.32 Å².